The van der Waals surface area contributed by atoms with Gasteiger partial charge in [0, 0.05) is 13.0 Å². The molecule has 0 aromatic carbocycles. The predicted octanol–water partition coefficient (Wildman–Crippen LogP) is 12.3. The summed E-state index contributed by atoms with van der Waals surface area (Å²) in [6.07, 6.45) is 52.3. The minimum atomic E-state index is -0.564. The summed E-state index contributed by atoms with van der Waals surface area (Å²) in [5.41, 5.74) is 0. The lowest BCUT2D eigenvalue weighted by atomic mass is 10.1. The third kappa shape index (κ3) is 36.3. The van der Waals surface area contributed by atoms with Crippen molar-refractivity contribution in [2.75, 3.05) is 19.8 Å². The molecular weight excluding hydrogens is 568 g/mol. The number of hydrogen-bond acceptors (Lipinski definition) is 4. The maximum absolute atomic E-state index is 12.2. The molecular formula is C42H72O4. The molecule has 0 aliphatic heterocycles. The van der Waals surface area contributed by atoms with Crippen LogP contribution in [0.2, 0.25) is 0 Å². The van der Waals surface area contributed by atoms with Crippen LogP contribution in [0, 0.1) is 0 Å². The molecule has 0 radical (unpaired) electrons. The summed E-state index contributed by atoms with van der Waals surface area (Å²) >= 11 is 0. The van der Waals surface area contributed by atoms with Gasteiger partial charge in [0.15, 0.2) is 0 Å². The lowest BCUT2D eigenvalue weighted by Crippen LogP contribution is -2.27. The molecule has 0 aromatic rings. The zero-order chi connectivity index (χ0) is 33.4. The Bertz CT molecular complexity index is 804. The first-order valence-electron chi connectivity index (χ1n) is 19.0. The first-order valence-corrected chi connectivity index (χ1v) is 19.0. The average Bonchev–Trinajstić information content (AvgIpc) is 3.06. The summed E-state index contributed by atoms with van der Waals surface area (Å²) in [5, 5.41) is 9.56. The van der Waals surface area contributed by atoms with E-state index in [1.54, 1.807) is 0 Å². The fourth-order valence-corrected chi connectivity index (χ4v) is 4.94. The van der Waals surface area contributed by atoms with Crippen LogP contribution in [0.3, 0.4) is 0 Å². The number of carbonyl (C=O) groups is 1. The predicted molar refractivity (Wildman–Crippen MR) is 200 cm³/mol. The number of ether oxygens (including phenoxy) is 2. The maximum Gasteiger partial charge on any atom is 0.306 e. The highest BCUT2D eigenvalue weighted by Crippen LogP contribution is 2.11. The number of hydrogen-bond donors (Lipinski definition) is 1. The Labute approximate surface area is 285 Å². The highest BCUT2D eigenvalue weighted by atomic mass is 16.6. The second-order valence-electron chi connectivity index (χ2n) is 12.3. The van der Waals surface area contributed by atoms with Crippen molar-refractivity contribution < 1.29 is 19.4 Å². The molecule has 1 N–H and O–H groups in total. The first kappa shape index (κ1) is 43.8. The molecule has 0 fully saturated rings. The van der Waals surface area contributed by atoms with Crippen molar-refractivity contribution in [1.29, 1.82) is 0 Å². The van der Waals surface area contributed by atoms with Crippen LogP contribution >= 0.6 is 0 Å². The molecule has 4 nitrogen and oxygen atoms in total. The SMILES string of the molecule is CC/C=C\C/C=C\C/C=C\C/C=C\C/C=C\CCCCOCC(CO)OC(=O)CCCCCCC/C=C\CCCCCCCCC. The summed E-state index contributed by atoms with van der Waals surface area (Å²) in [7, 11) is 0. The molecule has 0 aliphatic rings. The van der Waals surface area contributed by atoms with Crippen LogP contribution in [0.25, 0.3) is 0 Å². The molecule has 0 amide bonds. The molecule has 46 heavy (non-hydrogen) atoms. The van der Waals surface area contributed by atoms with Crippen molar-refractivity contribution in [2.45, 2.75) is 168 Å². The Morgan fingerprint density at radius 3 is 1.50 bits per heavy atom. The molecule has 1 unspecified atom stereocenters. The van der Waals surface area contributed by atoms with Crippen LogP contribution in [0.1, 0.15) is 162 Å². The molecule has 1 atom stereocenters. The van der Waals surface area contributed by atoms with Crippen LogP contribution < -0.4 is 0 Å². The van der Waals surface area contributed by atoms with Gasteiger partial charge in [-0.05, 0) is 83.5 Å². The van der Waals surface area contributed by atoms with Gasteiger partial charge < -0.3 is 14.6 Å². The molecule has 264 valence electrons. The van der Waals surface area contributed by atoms with Gasteiger partial charge >= 0.3 is 5.97 Å². The zero-order valence-corrected chi connectivity index (χ0v) is 30.1. The average molecular weight is 641 g/mol. The van der Waals surface area contributed by atoms with Gasteiger partial charge in [-0.25, -0.2) is 0 Å². The van der Waals surface area contributed by atoms with E-state index < -0.39 is 6.10 Å². The highest BCUT2D eigenvalue weighted by molar-refractivity contribution is 5.69. The van der Waals surface area contributed by atoms with Gasteiger partial charge in [0.1, 0.15) is 6.10 Å². The maximum atomic E-state index is 12.2. The van der Waals surface area contributed by atoms with E-state index >= 15 is 0 Å². The summed E-state index contributed by atoms with van der Waals surface area (Å²) in [6.45, 7) is 5.11. The quantitative estimate of drug-likeness (QED) is 0.0432. The standard InChI is InChI=1S/C42H72O4/c1-3-5-7-9-11-13-15-17-19-21-22-24-26-28-30-32-34-36-38-45-40-41(39-43)46-42(44)37-35-33-31-29-27-25-23-20-18-16-14-12-10-8-6-4-2/h5,7,11,13,17,19-20,22-24,28,30,41,43H,3-4,6,8-10,12,14-16,18,21,25-27,29,31-40H2,1-2H3/b7-5-,13-11-,19-17-,23-20-,24-22-,30-28-. The fourth-order valence-electron chi connectivity index (χ4n) is 4.94. The number of esters is 1. The van der Waals surface area contributed by atoms with Crippen LogP contribution in [0.5, 0.6) is 0 Å². The minimum absolute atomic E-state index is 0.196. The van der Waals surface area contributed by atoms with E-state index in [0.29, 0.717) is 13.0 Å². The number of carbonyl (C=O) groups excluding carboxylic acids is 1. The Morgan fingerprint density at radius 2 is 0.978 bits per heavy atom. The monoisotopic (exact) mass is 641 g/mol. The van der Waals surface area contributed by atoms with Crippen molar-refractivity contribution in [3.05, 3.63) is 72.9 Å². The largest absolute Gasteiger partial charge is 0.457 e. The van der Waals surface area contributed by atoms with Crippen molar-refractivity contribution in [3.63, 3.8) is 0 Å². The number of unbranched alkanes of at least 4 members (excludes halogenated alkanes) is 14. The van der Waals surface area contributed by atoms with Gasteiger partial charge in [-0.15, -0.1) is 0 Å². The molecule has 0 rings (SSSR count). The Morgan fingerprint density at radius 1 is 0.543 bits per heavy atom. The summed E-state index contributed by atoms with van der Waals surface area (Å²) in [5.74, 6) is -0.227. The second-order valence-corrected chi connectivity index (χ2v) is 12.3. The van der Waals surface area contributed by atoms with Crippen LogP contribution in [0.15, 0.2) is 72.9 Å². The second kappa shape index (κ2) is 39.0. The van der Waals surface area contributed by atoms with Crippen molar-refractivity contribution >= 4 is 5.97 Å². The molecule has 4 heteroatoms. The summed E-state index contributed by atoms with van der Waals surface area (Å²) in [4.78, 5) is 12.2. The smallest absolute Gasteiger partial charge is 0.306 e. The Kier molecular flexibility index (Phi) is 37.2. The van der Waals surface area contributed by atoms with Gasteiger partial charge in [0.2, 0.25) is 0 Å². The van der Waals surface area contributed by atoms with E-state index in [4.69, 9.17) is 9.47 Å². The van der Waals surface area contributed by atoms with Gasteiger partial charge in [-0.2, -0.15) is 0 Å². The number of aliphatic hydroxyl groups is 1. The lowest BCUT2D eigenvalue weighted by Gasteiger charge is -2.15. The summed E-state index contributed by atoms with van der Waals surface area (Å²) in [6, 6.07) is 0. The van der Waals surface area contributed by atoms with Crippen LogP contribution in [0.4, 0.5) is 0 Å². The van der Waals surface area contributed by atoms with E-state index in [9.17, 15) is 9.90 Å². The zero-order valence-electron chi connectivity index (χ0n) is 30.1. The third-order valence-electron chi connectivity index (χ3n) is 7.77. The molecule has 0 aliphatic carbocycles. The highest BCUT2D eigenvalue weighted by Gasteiger charge is 2.13. The van der Waals surface area contributed by atoms with Crippen LogP contribution in [-0.2, 0) is 14.3 Å². The number of allylic oxidation sites excluding steroid dienone is 12. The van der Waals surface area contributed by atoms with Crippen LogP contribution in [-0.4, -0.2) is 37.0 Å². The molecule has 0 aromatic heterocycles. The first-order chi connectivity index (χ1) is 22.7. The van der Waals surface area contributed by atoms with Gasteiger partial charge in [-0.3, -0.25) is 4.79 Å². The normalized spacial score (nSPS) is 13.2. The Hall–Kier alpha value is -2.17. The fraction of sp³-hybridized carbons (Fsp3) is 0.690. The van der Waals surface area contributed by atoms with Crippen molar-refractivity contribution in [2.24, 2.45) is 0 Å². The van der Waals surface area contributed by atoms with E-state index in [1.807, 2.05) is 0 Å². The molecule has 0 spiro atoms. The lowest BCUT2D eigenvalue weighted by molar-refractivity contribution is -0.154. The van der Waals surface area contributed by atoms with Gasteiger partial charge in [-0.1, -0.05) is 145 Å². The van der Waals surface area contributed by atoms with E-state index in [0.717, 1.165) is 70.6 Å². The number of rotatable bonds is 34. The third-order valence-corrected chi connectivity index (χ3v) is 7.77. The molecule has 0 saturated carbocycles. The molecule has 0 bridgehead atoms. The molecule has 0 heterocycles. The van der Waals surface area contributed by atoms with Gasteiger partial charge in [0.25, 0.3) is 0 Å². The van der Waals surface area contributed by atoms with Crippen molar-refractivity contribution in [1.82, 2.24) is 0 Å². The Balaban J connectivity index is 3.57. The summed E-state index contributed by atoms with van der Waals surface area (Å²) < 4.78 is 11.1. The topological polar surface area (TPSA) is 55.8 Å². The molecule has 0 saturated heterocycles. The van der Waals surface area contributed by atoms with E-state index in [1.165, 1.54) is 70.6 Å². The number of aliphatic hydroxyl groups excluding tert-OH is 1. The van der Waals surface area contributed by atoms with E-state index in [2.05, 4.69) is 86.8 Å². The van der Waals surface area contributed by atoms with Crippen molar-refractivity contribution in [3.8, 4) is 0 Å². The van der Waals surface area contributed by atoms with Gasteiger partial charge in [0.05, 0.1) is 13.2 Å². The minimum Gasteiger partial charge on any atom is -0.457 e. The van der Waals surface area contributed by atoms with E-state index in [-0.39, 0.29) is 19.2 Å².